The van der Waals surface area contributed by atoms with E-state index in [0.717, 1.165) is 12.0 Å². The molecule has 1 unspecified atom stereocenters. The first-order valence-electron chi connectivity index (χ1n) is 6.60. The topological polar surface area (TPSA) is 65.3 Å². The predicted molar refractivity (Wildman–Crippen MR) is 81.1 cm³/mol. The SMILES string of the molecule is CCC(C)c1ccccc1Oc1cc([N+](=O)[O-])cc(Cl)n1. The number of hydrogen-bond donors (Lipinski definition) is 0. The van der Waals surface area contributed by atoms with Gasteiger partial charge in [0.15, 0.2) is 0 Å². The first-order valence-corrected chi connectivity index (χ1v) is 6.97. The molecule has 0 radical (unpaired) electrons. The first kappa shape index (κ1) is 15.3. The van der Waals surface area contributed by atoms with Crippen LogP contribution in [0.4, 0.5) is 5.69 Å². The maximum atomic E-state index is 10.8. The maximum Gasteiger partial charge on any atom is 0.277 e. The molecule has 0 aliphatic carbocycles. The highest BCUT2D eigenvalue weighted by Crippen LogP contribution is 2.33. The fraction of sp³-hybridized carbons (Fsp3) is 0.267. The second-order valence-electron chi connectivity index (χ2n) is 4.69. The van der Waals surface area contributed by atoms with Crippen LogP contribution in [0.2, 0.25) is 5.15 Å². The standard InChI is InChI=1S/C15H15ClN2O3/c1-3-10(2)12-6-4-5-7-13(12)21-15-9-11(18(19)20)8-14(16)17-15/h4-10H,3H2,1-2H3. The zero-order valence-electron chi connectivity index (χ0n) is 11.7. The highest BCUT2D eigenvalue weighted by atomic mass is 35.5. The van der Waals surface area contributed by atoms with Gasteiger partial charge < -0.3 is 4.74 Å². The summed E-state index contributed by atoms with van der Waals surface area (Å²) in [5.74, 6) is 1.07. The van der Waals surface area contributed by atoms with Gasteiger partial charge in [-0.2, -0.15) is 0 Å². The summed E-state index contributed by atoms with van der Waals surface area (Å²) in [5, 5.41) is 10.9. The number of rotatable bonds is 5. The number of nitro groups is 1. The number of benzene rings is 1. The summed E-state index contributed by atoms with van der Waals surface area (Å²) in [6, 6.07) is 10.0. The van der Waals surface area contributed by atoms with Crippen LogP contribution in [0.3, 0.4) is 0 Å². The summed E-state index contributed by atoms with van der Waals surface area (Å²) >= 11 is 5.79. The smallest absolute Gasteiger partial charge is 0.277 e. The monoisotopic (exact) mass is 306 g/mol. The average Bonchev–Trinajstić information content (AvgIpc) is 2.46. The number of aromatic nitrogens is 1. The van der Waals surface area contributed by atoms with Crippen LogP contribution in [-0.4, -0.2) is 9.91 Å². The summed E-state index contributed by atoms with van der Waals surface area (Å²) in [6.07, 6.45) is 0.962. The van der Waals surface area contributed by atoms with Crippen LogP contribution in [0, 0.1) is 10.1 Å². The van der Waals surface area contributed by atoms with E-state index in [9.17, 15) is 10.1 Å². The van der Waals surface area contributed by atoms with E-state index in [1.165, 1.54) is 12.1 Å². The third-order valence-corrected chi connectivity index (χ3v) is 3.44. The fourth-order valence-corrected chi connectivity index (χ4v) is 2.13. The zero-order valence-corrected chi connectivity index (χ0v) is 12.5. The van der Waals surface area contributed by atoms with E-state index in [0.29, 0.717) is 11.7 Å². The summed E-state index contributed by atoms with van der Waals surface area (Å²) in [7, 11) is 0. The van der Waals surface area contributed by atoms with Gasteiger partial charge in [0.05, 0.1) is 17.1 Å². The van der Waals surface area contributed by atoms with E-state index < -0.39 is 4.92 Å². The molecule has 1 heterocycles. The van der Waals surface area contributed by atoms with Crippen molar-refractivity contribution < 1.29 is 9.66 Å². The van der Waals surface area contributed by atoms with E-state index in [2.05, 4.69) is 18.8 Å². The number of para-hydroxylation sites is 1. The molecule has 0 bridgehead atoms. The van der Waals surface area contributed by atoms with E-state index in [-0.39, 0.29) is 16.7 Å². The minimum Gasteiger partial charge on any atom is -0.438 e. The normalized spacial score (nSPS) is 12.0. The summed E-state index contributed by atoms with van der Waals surface area (Å²) in [6.45, 7) is 4.18. The van der Waals surface area contributed by atoms with Gasteiger partial charge in [-0.05, 0) is 24.0 Å². The largest absolute Gasteiger partial charge is 0.438 e. The predicted octanol–water partition coefficient (Wildman–Crippen LogP) is 4.95. The van der Waals surface area contributed by atoms with Crippen LogP contribution in [-0.2, 0) is 0 Å². The van der Waals surface area contributed by atoms with E-state index in [1.54, 1.807) is 0 Å². The lowest BCUT2D eigenvalue weighted by atomic mass is 9.98. The quantitative estimate of drug-likeness (QED) is 0.445. The second-order valence-corrected chi connectivity index (χ2v) is 5.08. The molecule has 5 nitrogen and oxygen atoms in total. The molecule has 0 N–H and O–H groups in total. The van der Waals surface area contributed by atoms with Gasteiger partial charge in [-0.25, -0.2) is 4.98 Å². The van der Waals surface area contributed by atoms with Crippen LogP contribution in [0.5, 0.6) is 11.6 Å². The number of pyridine rings is 1. The van der Waals surface area contributed by atoms with Gasteiger partial charge in [0.1, 0.15) is 10.9 Å². The summed E-state index contributed by atoms with van der Waals surface area (Å²) < 4.78 is 5.70. The van der Waals surface area contributed by atoms with Crippen molar-refractivity contribution in [3.8, 4) is 11.6 Å². The molecule has 1 atom stereocenters. The van der Waals surface area contributed by atoms with Crippen molar-refractivity contribution in [3.63, 3.8) is 0 Å². The van der Waals surface area contributed by atoms with Crippen LogP contribution in [0.25, 0.3) is 0 Å². The van der Waals surface area contributed by atoms with Gasteiger partial charge >= 0.3 is 0 Å². The number of ether oxygens (including phenoxy) is 1. The van der Waals surface area contributed by atoms with Gasteiger partial charge in [0.2, 0.25) is 5.88 Å². The molecule has 6 heteroatoms. The minimum atomic E-state index is -0.527. The molecule has 1 aromatic heterocycles. The zero-order chi connectivity index (χ0) is 15.4. The lowest BCUT2D eigenvalue weighted by Crippen LogP contribution is -1.98. The number of nitrogens with zero attached hydrogens (tertiary/aromatic N) is 2. The Kier molecular flexibility index (Phi) is 4.75. The Morgan fingerprint density at radius 3 is 2.76 bits per heavy atom. The third-order valence-electron chi connectivity index (χ3n) is 3.24. The van der Waals surface area contributed by atoms with Crippen molar-refractivity contribution in [2.75, 3.05) is 0 Å². The lowest BCUT2D eigenvalue weighted by Gasteiger charge is -2.14. The minimum absolute atomic E-state index is 0.0280. The highest BCUT2D eigenvalue weighted by molar-refractivity contribution is 6.29. The Labute approximate surface area is 127 Å². The number of halogens is 1. The first-order chi connectivity index (χ1) is 10.0. The maximum absolute atomic E-state index is 10.8. The van der Waals surface area contributed by atoms with Crippen molar-refractivity contribution in [1.82, 2.24) is 4.98 Å². The highest BCUT2D eigenvalue weighted by Gasteiger charge is 2.14. The van der Waals surface area contributed by atoms with E-state index in [1.807, 2.05) is 24.3 Å². The average molecular weight is 307 g/mol. The second kappa shape index (κ2) is 6.54. The summed E-state index contributed by atoms with van der Waals surface area (Å²) in [5.41, 5.74) is 0.885. The number of hydrogen-bond acceptors (Lipinski definition) is 4. The molecule has 0 spiro atoms. The Morgan fingerprint density at radius 1 is 1.38 bits per heavy atom. The van der Waals surface area contributed by atoms with Gasteiger partial charge in [0, 0.05) is 0 Å². The molecule has 0 amide bonds. The van der Waals surface area contributed by atoms with Crippen LogP contribution in [0.1, 0.15) is 31.7 Å². The van der Waals surface area contributed by atoms with Gasteiger partial charge in [0.25, 0.3) is 5.69 Å². The Hall–Kier alpha value is -2.14. The van der Waals surface area contributed by atoms with E-state index >= 15 is 0 Å². The molecule has 0 aliphatic heterocycles. The van der Waals surface area contributed by atoms with Crippen LogP contribution >= 0.6 is 11.6 Å². The Balaban J connectivity index is 2.36. The molecule has 21 heavy (non-hydrogen) atoms. The van der Waals surface area contributed by atoms with Gasteiger partial charge in [-0.15, -0.1) is 0 Å². The van der Waals surface area contributed by atoms with E-state index in [4.69, 9.17) is 16.3 Å². The molecule has 1 aromatic carbocycles. The molecule has 0 aliphatic rings. The van der Waals surface area contributed by atoms with Crippen LogP contribution in [0.15, 0.2) is 36.4 Å². The molecule has 2 aromatic rings. The van der Waals surface area contributed by atoms with Crippen molar-refractivity contribution in [1.29, 1.82) is 0 Å². The van der Waals surface area contributed by atoms with Crippen molar-refractivity contribution in [2.45, 2.75) is 26.2 Å². The van der Waals surface area contributed by atoms with Crippen molar-refractivity contribution in [2.24, 2.45) is 0 Å². The van der Waals surface area contributed by atoms with Crippen LogP contribution < -0.4 is 4.74 Å². The Bertz CT molecular complexity index is 661. The third kappa shape index (κ3) is 3.70. The molecule has 2 rings (SSSR count). The van der Waals surface area contributed by atoms with Gasteiger partial charge in [-0.1, -0.05) is 43.6 Å². The van der Waals surface area contributed by atoms with Crippen molar-refractivity contribution >= 4 is 17.3 Å². The molecule has 0 saturated heterocycles. The summed E-state index contributed by atoms with van der Waals surface area (Å²) in [4.78, 5) is 14.3. The molecular weight excluding hydrogens is 292 g/mol. The molecular formula is C15H15ClN2O3. The molecule has 0 saturated carbocycles. The lowest BCUT2D eigenvalue weighted by molar-refractivity contribution is -0.385. The van der Waals surface area contributed by atoms with Crippen molar-refractivity contribution in [3.05, 3.63) is 57.2 Å². The molecule has 0 fully saturated rings. The molecule has 110 valence electrons. The fourth-order valence-electron chi connectivity index (χ4n) is 1.93. The Morgan fingerprint density at radius 2 is 2.10 bits per heavy atom. The van der Waals surface area contributed by atoms with Gasteiger partial charge in [-0.3, -0.25) is 10.1 Å².